The van der Waals surface area contributed by atoms with E-state index in [1.165, 1.54) is 0 Å². The maximum absolute atomic E-state index is 14.5. The molecule has 0 saturated heterocycles. The van der Waals surface area contributed by atoms with Crippen LogP contribution < -0.4 is 10.9 Å². The smallest absolute Gasteiger partial charge is 0.240 e. The van der Waals surface area contributed by atoms with Crippen molar-refractivity contribution in [3.05, 3.63) is 69.5 Å². The first-order valence-electron chi connectivity index (χ1n) is 8.29. The van der Waals surface area contributed by atoms with Crippen LogP contribution >= 0.6 is 0 Å². The van der Waals surface area contributed by atoms with Gasteiger partial charge in [0, 0.05) is 11.1 Å². The van der Waals surface area contributed by atoms with Crippen LogP contribution in [0.15, 0.2) is 23.0 Å². The van der Waals surface area contributed by atoms with Crippen molar-refractivity contribution in [3.8, 4) is 11.1 Å². The molecule has 1 aliphatic heterocycles. The van der Waals surface area contributed by atoms with Crippen molar-refractivity contribution in [2.75, 3.05) is 0 Å². The molecule has 4 rings (SSSR count). The minimum Gasteiger partial charge on any atom is -0.240 e. The maximum Gasteiger partial charge on any atom is 0.254 e. The maximum atomic E-state index is 14.5. The molecule has 2 atom stereocenters. The van der Waals surface area contributed by atoms with E-state index in [2.05, 4.69) is 0 Å². The molecule has 2 aromatic carbocycles. The second kappa shape index (κ2) is 7.04. The number of benzene rings is 2. The highest BCUT2D eigenvalue weighted by molar-refractivity contribution is 6.95. The van der Waals surface area contributed by atoms with Gasteiger partial charge >= 0.3 is 0 Å². The normalized spacial score (nSPS) is 20.3. The van der Waals surface area contributed by atoms with Gasteiger partial charge in [-0.2, -0.15) is 0 Å². The Bertz CT molecular complexity index is 1210. The number of rotatable bonds is 1. The lowest BCUT2D eigenvalue weighted by molar-refractivity contribution is 0.188. The van der Waals surface area contributed by atoms with Crippen molar-refractivity contribution in [3.63, 3.8) is 0 Å². The molecule has 2 aromatic rings. The number of alkyl halides is 2. The fourth-order valence-electron chi connectivity index (χ4n) is 3.83. The van der Waals surface area contributed by atoms with Crippen LogP contribution in [0.1, 0.15) is 0 Å². The van der Waals surface area contributed by atoms with E-state index < -0.39 is 111 Å². The Kier molecular flexibility index (Phi) is 4.90. The predicted octanol–water partition coefficient (Wildman–Crippen LogP) is 4.99. The van der Waals surface area contributed by atoms with Crippen LogP contribution in [0, 0.1) is 46.5 Å². The summed E-state index contributed by atoms with van der Waals surface area (Å²) in [5.74, 6) is -28.7. The third-order valence-corrected chi connectivity index (χ3v) is 5.20. The van der Waals surface area contributed by atoms with Gasteiger partial charge in [-0.25, -0.2) is 57.1 Å². The van der Waals surface area contributed by atoms with Crippen LogP contribution in [0.25, 0.3) is 11.1 Å². The first-order valence-corrected chi connectivity index (χ1v) is 8.29. The zero-order valence-corrected chi connectivity index (χ0v) is 14.6. The molecule has 168 valence electrons. The molecular weight excluding hydrogens is 474 g/mol. The fourth-order valence-corrected chi connectivity index (χ4v) is 3.83. The molecule has 14 heteroatoms. The van der Waals surface area contributed by atoms with Gasteiger partial charge in [-0.05, 0) is 16.4 Å². The largest absolute Gasteiger partial charge is 0.254 e. The summed E-state index contributed by atoms with van der Waals surface area (Å²) in [6.07, 6.45) is -7.25. The topological polar surface area (TPSA) is 0 Å². The molecule has 0 nitrogen and oxygen atoms in total. The molecule has 1 aliphatic carbocycles. The van der Waals surface area contributed by atoms with E-state index in [4.69, 9.17) is 0 Å². The molecule has 0 aromatic heterocycles. The average molecular weight is 476 g/mol. The quantitative estimate of drug-likeness (QED) is 0.236. The Morgan fingerprint density at radius 3 is 1.22 bits per heavy atom. The van der Waals surface area contributed by atoms with Crippen LogP contribution in [0.5, 0.6) is 0 Å². The van der Waals surface area contributed by atoms with Crippen LogP contribution in [0.4, 0.5) is 57.1 Å². The van der Waals surface area contributed by atoms with Crippen molar-refractivity contribution in [2.24, 2.45) is 0 Å². The fraction of sp³-hybridized carbons (Fsp3) is 0.111. The van der Waals surface area contributed by atoms with Gasteiger partial charge in [-0.1, -0.05) is 0 Å². The summed E-state index contributed by atoms with van der Waals surface area (Å²) in [6.45, 7) is -3.07. The lowest BCUT2D eigenvalue weighted by Gasteiger charge is -2.25. The molecule has 32 heavy (non-hydrogen) atoms. The van der Waals surface area contributed by atoms with Gasteiger partial charge in [0.15, 0.2) is 76.4 Å². The Morgan fingerprint density at radius 1 is 0.438 bits per heavy atom. The van der Waals surface area contributed by atoms with E-state index in [0.717, 1.165) is 0 Å². The van der Waals surface area contributed by atoms with Crippen LogP contribution in [0.2, 0.25) is 0 Å². The number of hydrogen-bond donors (Lipinski definition) is 0. The third kappa shape index (κ3) is 2.54. The Labute approximate surface area is 168 Å². The summed E-state index contributed by atoms with van der Waals surface area (Å²) in [5.41, 5.74) is -9.29. The van der Waals surface area contributed by atoms with Gasteiger partial charge < -0.3 is 0 Å². The van der Waals surface area contributed by atoms with E-state index >= 15 is 0 Å². The number of fused-ring (bicyclic) bond motifs is 3. The molecular formula is C18H2BF13. The third-order valence-electron chi connectivity index (χ3n) is 5.20. The van der Waals surface area contributed by atoms with Gasteiger partial charge in [-0.3, -0.25) is 0 Å². The molecule has 0 radical (unpaired) electrons. The average Bonchev–Trinajstić information content (AvgIpc) is 3.12. The predicted molar refractivity (Wildman–Crippen MR) is 83.7 cm³/mol. The van der Waals surface area contributed by atoms with Gasteiger partial charge in [-0.15, -0.1) is 0 Å². The zero-order chi connectivity index (χ0) is 24.0. The summed E-state index contributed by atoms with van der Waals surface area (Å²) in [5, 5.41) is 0. The standard InChI is InChI=1S/C18H2BF13/c20-6-1-2-4(9(23)15(29)13(27)7(2)21)19(3(1)8(22)14(28)12(6)26)5-10(24)16(30)18(32)17(31)11(5)25/h10,16H. The molecule has 2 unspecified atom stereocenters. The second-order valence-corrected chi connectivity index (χ2v) is 6.76. The van der Waals surface area contributed by atoms with Gasteiger partial charge in [0.25, 0.3) is 6.71 Å². The summed E-state index contributed by atoms with van der Waals surface area (Å²) in [7, 11) is 0. The summed E-state index contributed by atoms with van der Waals surface area (Å²) in [4.78, 5) is 0. The lowest BCUT2D eigenvalue weighted by atomic mass is 9.36. The van der Waals surface area contributed by atoms with E-state index in [9.17, 15) is 57.1 Å². The first-order chi connectivity index (χ1) is 14.8. The van der Waals surface area contributed by atoms with Crippen molar-refractivity contribution in [2.45, 2.75) is 12.3 Å². The van der Waals surface area contributed by atoms with E-state index in [0.29, 0.717) is 0 Å². The van der Waals surface area contributed by atoms with Crippen LogP contribution in [-0.4, -0.2) is 19.1 Å². The van der Waals surface area contributed by atoms with Crippen molar-refractivity contribution in [1.29, 1.82) is 0 Å². The second-order valence-electron chi connectivity index (χ2n) is 6.76. The number of hydrogen-bond acceptors (Lipinski definition) is 0. The highest BCUT2D eigenvalue weighted by Gasteiger charge is 2.53. The molecule has 0 saturated carbocycles. The van der Waals surface area contributed by atoms with Gasteiger partial charge in [0.1, 0.15) is 0 Å². The number of allylic oxidation sites excluding steroid dienone is 4. The highest BCUT2D eigenvalue weighted by atomic mass is 19.2. The minimum atomic E-state index is -3.63. The van der Waals surface area contributed by atoms with Gasteiger partial charge in [0.2, 0.25) is 0 Å². The molecule has 0 spiro atoms. The summed E-state index contributed by atoms with van der Waals surface area (Å²) < 4.78 is 183. The van der Waals surface area contributed by atoms with Gasteiger partial charge in [0.05, 0.1) is 0 Å². The molecule has 0 fully saturated rings. The molecule has 1 heterocycles. The minimum absolute atomic E-state index is 1.81. The monoisotopic (exact) mass is 476 g/mol. The molecule has 0 amide bonds. The van der Waals surface area contributed by atoms with Crippen molar-refractivity contribution >= 4 is 17.6 Å². The molecule has 2 aliphatic rings. The SMILES string of the molecule is FC1=C(F)C(F)C(F)C(B2c3c(F)c(F)c(F)c(F)c3-c3c(F)c(F)c(F)c(F)c32)=C1F. The van der Waals surface area contributed by atoms with E-state index in [1.807, 2.05) is 0 Å². The Hall–Kier alpha value is -2.93. The zero-order valence-electron chi connectivity index (χ0n) is 14.6. The molecule has 0 bridgehead atoms. The highest BCUT2D eigenvalue weighted by Crippen LogP contribution is 2.42. The van der Waals surface area contributed by atoms with E-state index in [1.54, 1.807) is 0 Å². The van der Waals surface area contributed by atoms with E-state index in [-0.39, 0.29) is 0 Å². The Morgan fingerprint density at radius 2 is 0.812 bits per heavy atom. The van der Waals surface area contributed by atoms with Crippen molar-refractivity contribution in [1.82, 2.24) is 0 Å². The number of halogens is 13. The summed E-state index contributed by atoms with van der Waals surface area (Å²) in [6, 6.07) is 0. The van der Waals surface area contributed by atoms with Crippen LogP contribution in [-0.2, 0) is 0 Å². The summed E-state index contributed by atoms with van der Waals surface area (Å²) >= 11 is 0. The van der Waals surface area contributed by atoms with Crippen molar-refractivity contribution < 1.29 is 57.1 Å². The van der Waals surface area contributed by atoms with Crippen LogP contribution in [0.3, 0.4) is 0 Å². The Balaban J connectivity index is 2.25. The lowest BCUT2D eigenvalue weighted by Crippen LogP contribution is -2.50. The first kappa shape index (κ1) is 22.3. The molecule has 0 N–H and O–H groups in total.